The minimum atomic E-state index is -0.378. The lowest BCUT2D eigenvalue weighted by Gasteiger charge is -2.20. The van der Waals surface area contributed by atoms with E-state index in [2.05, 4.69) is 36.0 Å². The van der Waals surface area contributed by atoms with E-state index in [1.165, 1.54) is 0 Å². The first-order chi connectivity index (χ1) is 15.5. The Labute approximate surface area is 202 Å². The molecule has 2 rings (SSSR count). The van der Waals surface area contributed by atoms with Crippen LogP contribution in [0.5, 0.6) is 0 Å². The Balaban J connectivity index is 2.11. The zero-order valence-electron chi connectivity index (χ0n) is 18.6. The molecule has 6 nitrogen and oxygen atoms in total. The van der Waals surface area contributed by atoms with Crippen molar-refractivity contribution in [2.24, 2.45) is 0 Å². The van der Waals surface area contributed by atoms with Gasteiger partial charge in [0.25, 0.3) is 0 Å². The maximum atomic E-state index is 12.5. The largest absolute Gasteiger partial charge is 0.422 e. The van der Waals surface area contributed by atoms with Crippen molar-refractivity contribution in [1.82, 2.24) is 10.6 Å². The quantitative estimate of drug-likeness (QED) is 0.135. The lowest BCUT2D eigenvalue weighted by molar-refractivity contribution is -0.118. The summed E-state index contributed by atoms with van der Waals surface area (Å²) in [5.41, 5.74) is 2.58. The third-order valence-corrected chi connectivity index (χ3v) is 5.44. The first-order valence-corrected chi connectivity index (χ1v) is 12.1. The lowest BCUT2D eigenvalue weighted by Crippen LogP contribution is -2.30. The van der Waals surface area contributed by atoms with Crippen LogP contribution in [0.3, 0.4) is 0 Å². The van der Waals surface area contributed by atoms with E-state index in [9.17, 15) is 9.59 Å². The second-order valence-corrected chi connectivity index (χ2v) is 7.65. The molecule has 1 aromatic carbocycles. The Hall–Kier alpha value is -2.81. The number of halogens is 1. The molecular formula is C25H30IN3O3. The summed E-state index contributed by atoms with van der Waals surface area (Å²) >= 11 is 2.03. The molecule has 0 aliphatic carbocycles. The Morgan fingerprint density at radius 3 is 2.66 bits per heavy atom. The highest BCUT2D eigenvalue weighted by atomic mass is 127. The number of amides is 1. The minimum Gasteiger partial charge on any atom is -0.422 e. The molecule has 0 atom stereocenters. The van der Waals surface area contributed by atoms with E-state index in [-0.39, 0.29) is 11.5 Å². The molecule has 2 N–H and O–H groups in total. The second-order valence-electron chi connectivity index (χ2n) is 6.89. The number of nitrogens with zero attached hydrogens (tertiary/aromatic N) is 1. The molecular weight excluding hydrogens is 517 g/mol. The fraction of sp³-hybridized carbons (Fsp3) is 0.280. The number of rotatable bonds is 12. The van der Waals surface area contributed by atoms with Crippen LogP contribution in [0.1, 0.15) is 19.4 Å². The summed E-state index contributed by atoms with van der Waals surface area (Å²) in [4.78, 5) is 25.9. The third-order valence-electron chi connectivity index (χ3n) is 4.75. The number of carbonyl (C=O) groups is 1. The SMILES string of the molecule is C=C/C=C(\C=C/NCCNC(=O)CI)/C=C/c1cc2ccc(N(CC)CC)cc2oc1=O. The fourth-order valence-corrected chi connectivity index (χ4v) is 3.34. The Morgan fingerprint density at radius 1 is 1.19 bits per heavy atom. The molecule has 0 bridgehead atoms. The molecule has 7 heteroatoms. The van der Waals surface area contributed by atoms with Gasteiger partial charge in [0.15, 0.2) is 0 Å². The number of benzene rings is 1. The molecule has 0 saturated heterocycles. The van der Waals surface area contributed by atoms with Gasteiger partial charge in [-0.2, -0.15) is 0 Å². The van der Waals surface area contributed by atoms with Gasteiger partial charge in [-0.1, -0.05) is 47.4 Å². The molecule has 0 radical (unpaired) electrons. The summed E-state index contributed by atoms with van der Waals surface area (Å²) in [6.07, 6.45) is 10.8. The van der Waals surface area contributed by atoms with Gasteiger partial charge in [-0.15, -0.1) is 0 Å². The molecule has 0 aliphatic rings. The number of allylic oxidation sites excluding steroid dienone is 5. The minimum absolute atomic E-state index is 0.0186. The van der Waals surface area contributed by atoms with Gasteiger partial charge in [-0.05, 0) is 56.0 Å². The van der Waals surface area contributed by atoms with Gasteiger partial charge in [0.2, 0.25) is 5.91 Å². The highest BCUT2D eigenvalue weighted by Crippen LogP contribution is 2.22. The standard InChI is InChI=1S/C25H30IN3O3/c1-4-7-19(12-13-27-14-15-28-24(30)18-26)8-9-21-16-20-10-11-22(29(5-2)6-3)17-23(20)32-25(21)31/h4,7-13,16-17,27H,1,5-6,14-15,18H2,2-3H3,(H,28,30)/b9-8+,13-12-,19-7-. The van der Waals surface area contributed by atoms with Gasteiger partial charge in [0, 0.05) is 43.3 Å². The monoisotopic (exact) mass is 547 g/mol. The van der Waals surface area contributed by atoms with Crippen LogP contribution in [0.25, 0.3) is 17.0 Å². The number of carbonyl (C=O) groups excluding carboxylic acids is 1. The molecule has 170 valence electrons. The van der Waals surface area contributed by atoms with Gasteiger partial charge in [0.05, 0.1) is 9.99 Å². The Bertz CT molecular complexity index is 1070. The van der Waals surface area contributed by atoms with Crippen molar-refractivity contribution in [2.45, 2.75) is 13.8 Å². The van der Waals surface area contributed by atoms with Crippen LogP contribution in [-0.2, 0) is 4.79 Å². The van der Waals surface area contributed by atoms with E-state index < -0.39 is 0 Å². The molecule has 2 aromatic rings. The summed E-state index contributed by atoms with van der Waals surface area (Å²) in [6.45, 7) is 10.9. The maximum absolute atomic E-state index is 12.5. The Morgan fingerprint density at radius 2 is 1.97 bits per heavy atom. The molecule has 0 unspecified atom stereocenters. The number of hydrogen-bond donors (Lipinski definition) is 2. The number of fused-ring (bicyclic) bond motifs is 1. The highest BCUT2D eigenvalue weighted by molar-refractivity contribution is 14.1. The van der Waals surface area contributed by atoms with Crippen LogP contribution in [0.15, 0.2) is 76.1 Å². The molecule has 0 saturated carbocycles. The number of anilines is 1. The van der Waals surface area contributed by atoms with Crippen LogP contribution >= 0.6 is 22.6 Å². The van der Waals surface area contributed by atoms with Crippen LogP contribution in [0.2, 0.25) is 0 Å². The number of alkyl halides is 1. The predicted octanol–water partition coefficient (Wildman–Crippen LogP) is 4.42. The van der Waals surface area contributed by atoms with E-state index >= 15 is 0 Å². The molecule has 0 aliphatic heterocycles. The van der Waals surface area contributed by atoms with Crippen molar-refractivity contribution in [2.75, 3.05) is 35.5 Å². The highest BCUT2D eigenvalue weighted by Gasteiger charge is 2.07. The normalized spacial score (nSPS) is 11.9. The zero-order valence-corrected chi connectivity index (χ0v) is 20.7. The molecule has 32 heavy (non-hydrogen) atoms. The smallest absolute Gasteiger partial charge is 0.343 e. The summed E-state index contributed by atoms with van der Waals surface area (Å²) in [5.74, 6) is 0.0186. The molecule has 0 spiro atoms. The zero-order chi connectivity index (χ0) is 23.3. The van der Waals surface area contributed by atoms with Crippen LogP contribution in [0, 0.1) is 0 Å². The van der Waals surface area contributed by atoms with Gasteiger partial charge >= 0.3 is 5.63 Å². The van der Waals surface area contributed by atoms with Crippen molar-refractivity contribution in [1.29, 1.82) is 0 Å². The molecule has 0 fully saturated rings. The van der Waals surface area contributed by atoms with E-state index in [1.807, 2.05) is 65.1 Å². The maximum Gasteiger partial charge on any atom is 0.343 e. The van der Waals surface area contributed by atoms with Crippen LogP contribution in [-0.4, -0.2) is 36.5 Å². The number of hydrogen-bond acceptors (Lipinski definition) is 5. The van der Waals surface area contributed by atoms with E-state index in [4.69, 9.17) is 4.42 Å². The first-order valence-electron chi connectivity index (χ1n) is 10.6. The molecule has 1 amide bonds. The summed E-state index contributed by atoms with van der Waals surface area (Å²) < 4.78 is 6.03. The van der Waals surface area contributed by atoms with Crippen LogP contribution < -0.4 is 21.2 Å². The fourth-order valence-electron chi connectivity index (χ4n) is 3.07. The average molecular weight is 547 g/mol. The lowest BCUT2D eigenvalue weighted by atomic mass is 10.1. The van der Waals surface area contributed by atoms with Crippen molar-refractivity contribution in [3.8, 4) is 0 Å². The van der Waals surface area contributed by atoms with E-state index in [1.54, 1.807) is 18.4 Å². The summed E-state index contributed by atoms with van der Waals surface area (Å²) in [5, 5.41) is 6.79. The van der Waals surface area contributed by atoms with Gasteiger partial charge in [-0.25, -0.2) is 4.79 Å². The topological polar surface area (TPSA) is 74.6 Å². The summed E-state index contributed by atoms with van der Waals surface area (Å²) in [6, 6.07) is 7.78. The second kappa shape index (κ2) is 13.6. The third kappa shape index (κ3) is 7.71. The van der Waals surface area contributed by atoms with Crippen molar-refractivity contribution in [3.05, 3.63) is 82.9 Å². The van der Waals surface area contributed by atoms with Gasteiger partial charge in [-0.3, -0.25) is 4.79 Å². The van der Waals surface area contributed by atoms with E-state index in [0.29, 0.717) is 28.7 Å². The van der Waals surface area contributed by atoms with Crippen LogP contribution in [0.4, 0.5) is 5.69 Å². The number of nitrogens with one attached hydrogen (secondary N) is 2. The molecule has 1 heterocycles. The van der Waals surface area contributed by atoms with Gasteiger partial charge in [0.1, 0.15) is 5.58 Å². The van der Waals surface area contributed by atoms with Crippen molar-refractivity contribution < 1.29 is 9.21 Å². The predicted molar refractivity (Wildman–Crippen MR) is 142 cm³/mol. The van der Waals surface area contributed by atoms with Crippen molar-refractivity contribution >= 4 is 51.2 Å². The average Bonchev–Trinajstić information content (AvgIpc) is 2.80. The summed E-state index contributed by atoms with van der Waals surface area (Å²) in [7, 11) is 0. The van der Waals surface area contributed by atoms with Gasteiger partial charge < -0.3 is 20.0 Å². The van der Waals surface area contributed by atoms with E-state index in [0.717, 1.165) is 29.7 Å². The first kappa shape index (κ1) is 25.5. The molecule has 1 aromatic heterocycles. The van der Waals surface area contributed by atoms with Crippen molar-refractivity contribution in [3.63, 3.8) is 0 Å². The Kier molecular flexibility index (Phi) is 10.8.